The van der Waals surface area contributed by atoms with Gasteiger partial charge in [0.05, 0.1) is 11.4 Å². The second-order valence-corrected chi connectivity index (χ2v) is 10.2. The van der Waals surface area contributed by atoms with Crippen LogP contribution in [0.15, 0.2) is 158 Å². The summed E-state index contributed by atoms with van der Waals surface area (Å²) in [5.41, 5.74) is 10.6. The third kappa shape index (κ3) is 5.00. The number of anilines is 3. The molecule has 1 heterocycles. The molecule has 1 aliphatic heterocycles. The predicted molar refractivity (Wildman–Crippen MR) is 173 cm³/mol. The van der Waals surface area contributed by atoms with Crippen LogP contribution in [0.4, 0.5) is 17.1 Å². The van der Waals surface area contributed by atoms with Crippen LogP contribution in [0.5, 0.6) is 0 Å². The van der Waals surface area contributed by atoms with E-state index in [0.717, 1.165) is 57.2 Å². The SMILES string of the molecule is C=C(C)c1cccc(N/C2=C(c3ccccc3)/C=C\Cc3ccccc3N(c3ccc4ccccc4c3)C2=C)c1. The summed E-state index contributed by atoms with van der Waals surface area (Å²) < 4.78 is 0. The van der Waals surface area contributed by atoms with Crippen LogP contribution in [0.1, 0.15) is 23.6 Å². The number of rotatable bonds is 5. The first-order valence-corrected chi connectivity index (χ1v) is 13.6. The average molecular weight is 517 g/mol. The molecule has 0 atom stereocenters. The second kappa shape index (κ2) is 11.0. The fourth-order valence-electron chi connectivity index (χ4n) is 5.32. The lowest BCUT2D eigenvalue weighted by molar-refractivity contribution is 1.14. The molecule has 5 aromatic rings. The van der Waals surface area contributed by atoms with Gasteiger partial charge in [-0.25, -0.2) is 0 Å². The lowest BCUT2D eigenvalue weighted by Gasteiger charge is -2.31. The Hall–Kier alpha value is -5.08. The maximum atomic E-state index is 4.76. The molecule has 2 nitrogen and oxygen atoms in total. The highest BCUT2D eigenvalue weighted by atomic mass is 15.2. The summed E-state index contributed by atoms with van der Waals surface area (Å²) in [5.74, 6) is 0. The van der Waals surface area contributed by atoms with Crippen molar-refractivity contribution in [2.75, 3.05) is 10.2 Å². The standard InChI is InChI=1S/C38H32N2/c1-27(2)32-19-11-20-34(25-32)39-38-28(3)40(35-24-23-29-13-7-8-17-33(29)26-35)37-22-10-9-16-31(37)18-12-21-36(38)30-14-5-4-6-15-30/h4-17,19-26,39H,1,3,18H2,2H3/b21-12-,38-36-. The highest BCUT2D eigenvalue weighted by molar-refractivity contribution is 5.91. The van der Waals surface area contributed by atoms with Crippen LogP contribution in [0, 0.1) is 0 Å². The number of nitrogens with zero attached hydrogens (tertiary/aromatic N) is 1. The van der Waals surface area contributed by atoms with E-state index in [0.29, 0.717) is 0 Å². The highest BCUT2D eigenvalue weighted by Gasteiger charge is 2.23. The largest absolute Gasteiger partial charge is 0.353 e. The lowest BCUT2D eigenvalue weighted by atomic mass is 10.00. The van der Waals surface area contributed by atoms with E-state index in [1.165, 1.54) is 16.3 Å². The highest BCUT2D eigenvalue weighted by Crippen LogP contribution is 2.40. The van der Waals surface area contributed by atoms with Gasteiger partial charge in [0.15, 0.2) is 0 Å². The van der Waals surface area contributed by atoms with Gasteiger partial charge < -0.3 is 10.2 Å². The summed E-state index contributed by atoms with van der Waals surface area (Å²) in [6.45, 7) is 11.0. The number of fused-ring (bicyclic) bond motifs is 2. The number of allylic oxidation sites excluding steroid dienone is 4. The van der Waals surface area contributed by atoms with Crippen molar-refractivity contribution in [3.63, 3.8) is 0 Å². The molecule has 194 valence electrons. The topological polar surface area (TPSA) is 15.3 Å². The second-order valence-electron chi connectivity index (χ2n) is 10.2. The third-order valence-electron chi connectivity index (χ3n) is 7.38. The van der Waals surface area contributed by atoms with Crippen molar-refractivity contribution in [3.05, 3.63) is 175 Å². The van der Waals surface area contributed by atoms with Crippen molar-refractivity contribution >= 4 is 39.0 Å². The minimum atomic E-state index is 0.808. The molecule has 1 N–H and O–H groups in total. The van der Waals surface area contributed by atoms with Gasteiger partial charge in [0.25, 0.3) is 0 Å². The monoisotopic (exact) mass is 516 g/mol. The minimum Gasteiger partial charge on any atom is -0.353 e. The van der Waals surface area contributed by atoms with E-state index in [4.69, 9.17) is 6.58 Å². The number of benzene rings is 5. The lowest BCUT2D eigenvalue weighted by Crippen LogP contribution is -2.22. The van der Waals surface area contributed by atoms with Crippen LogP contribution < -0.4 is 10.2 Å². The van der Waals surface area contributed by atoms with Crippen LogP contribution in [-0.4, -0.2) is 0 Å². The summed E-state index contributed by atoms with van der Waals surface area (Å²) in [4.78, 5) is 2.29. The maximum absolute atomic E-state index is 4.76. The molecule has 0 aromatic heterocycles. The zero-order valence-corrected chi connectivity index (χ0v) is 22.8. The van der Waals surface area contributed by atoms with Crippen LogP contribution >= 0.6 is 0 Å². The predicted octanol–water partition coefficient (Wildman–Crippen LogP) is 10.2. The van der Waals surface area contributed by atoms with E-state index in [2.05, 4.69) is 150 Å². The van der Waals surface area contributed by atoms with Crippen molar-refractivity contribution < 1.29 is 0 Å². The summed E-state index contributed by atoms with van der Waals surface area (Å²) in [5, 5.41) is 6.19. The fourth-order valence-corrected chi connectivity index (χ4v) is 5.32. The first kappa shape index (κ1) is 25.2. The van der Waals surface area contributed by atoms with E-state index in [1.54, 1.807) is 0 Å². The smallest absolute Gasteiger partial charge is 0.0702 e. The summed E-state index contributed by atoms with van der Waals surface area (Å²) in [6.07, 6.45) is 5.29. The molecule has 2 heteroatoms. The number of para-hydroxylation sites is 1. The Labute approximate surface area is 236 Å². The quantitative estimate of drug-likeness (QED) is 0.250. The first-order chi connectivity index (χ1) is 19.6. The van der Waals surface area contributed by atoms with Crippen LogP contribution in [0.25, 0.3) is 21.9 Å². The van der Waals surface area contributed by atoms with Gasteiger partial charge >= 0.3 is 0 Å². The van der Waals surface area contributed by atoms with E-state index in [-0.39, 0.29) is 0 Å². The molecule has 0 radical (unpaired) electrons. The molecule has 0 unspecified atom stereocenters. The molecule has 0 bridgehead atoms. The van der Waals surface area contributed by atoms with E-state index < -0.39 is 0 Å². The van der Waals surface area contributed by atoms with Gasteiger partial charge in [-0.15, -0.1) is 0 Å². The zero-order valence-electron chi connectivity index (χ0n) is 22.8. The van der Waals surface area contributed by atoms with Gasteiger partial charge in [0.2, 0.25) is 0 Å². The molecule has 6 rings (SSSR count). The molecular weight excluding hydrogens is 484 g/mol. The molecular formula is C38H32N2. The molecule has 0 fully saturated rings. The number of hydrogen-bond acceptors (Lipinski definition) is 2. The van der Waals surface area contributed by atoms with Gasteiger partial charge in [0, 0.05) is 22.6 Å². The normalized spacial score (nSPS) is 16.0. The Morgan fingerprint density at radius 3 is 2.33 bits per heavy atom. The molecule has 0 saturated heterocycles. The van der Waals surface area contributed by atoms with E-state index in [1.807, 2.05) is 6.92 Å². The summed E-state index contributed by atoms with van der Waals surface area (Å²) in [7, 11) is 0. The van der Waals surface area contributed by atoms with E-state index >= 15 is 0 Å². The van der Waals surface area contributed by atoms with E-state index in [9.17, 15) is 0 Å². The molecule has 0 aliphatic carbocycles. The third-order valence-corrected chi connectivity index (χ3v) is 7.38. The van der Waals surface area contributed by atoms with Gasteiger partial charge in [-0.3, -0.25) is 0 Å². The Morgan fingerprint density at radius 1 is 0.750 bits per heavy atom. The fraction of sp³-hybridized carbons (Fsp3) is 0.0526. The van der Waals surface area contributed by atoms with Gasteiger partial charge in [-0.2, -0.15) is 0 Å². The van der Waals surface area contributed by atoms with Crippen molar-refractivity contribution in [2.24, 2.45) is 0 Å². The maximum Gasteiger partial charge on any atom is 0.0702 e. The zero-order chi connectivity index (χ0) is 27.5. The number of nitrogens with one attached hydrogen (secondary N) is 1. The van der Waals surface area contributed by atoms with Crippen LogP contribution in [-0.2, 0) is 6.42 Å². The van der Waals surface area contributed by atoms with Crippen molar-refractivity contribution in [2.45, 2.75) is 13.3 Å². The Balaban J connectivity index is 1.59. The minimum absolute atomic E-state index is 0.808. The van der Waals surface area contributed by atoms with Crippen molar-refractivity contribution in [1.29, 1.82) is 0 Å². The van der Waals surface area contributed by atoms with Crippen molar-refractivity contribution in [3.8, 4) is 0 Å². The Bertz CT molecular complexity index is 1790. The number of hydrogen-bond donors (Lipinski definition) is 1. The Kier molecular flexibility index (Phi) is 6.91. The van der Waals surface area contributed by atoms with Crippen molar-refractivity contribution in [1.82, 2.24) is 0 Å². The molecule has 1 aliphatic rings. The molecule has 0 spiro atoms. The van der Waals surface area contributed by atoms with Crippen LogP contribution in [0.3, 0.4) is 0 Å². The summed E-state index contributed by atoms with van der Waals surface area (Å²) >= 11 is 0. The van der Waals surface area contributed by atoms with Gasteiger partial charge in [-0.05, 0) is 71.1 Å². The molecule has 5 aromatic carbocycles. The van der Waals surface area contributed by atoms with Crippen LogP contribution in [0.2, 0.25) is 0 Å². The Morgan fingerprint density at radius 2 is 1.50 bits per heavy atom. The summed E-state index contributed by atoms with van der Waals surface area (Å²) in [6, 6.07) is 42.7. The molecule has 0 amide bonds. The molecule has 40 heavy (non-hydrogen) atoms. The molecule has 0 saturated carbocycles. The van der Waals surface area contributed by atoms with Gasteiger partial charge in [0.1, 0.15) is 0 Å². The average Bonchev–Trinajstić information content (AvgIpc) is 3.04. The first-order valence-electron chi connectivity index (χ1n) is 13.6. The van der Waals surface area contributed by atoms with Gasteiger partial charge in [-0.1, -0.05) is 122 Å².